The van der Waals surface area contributed by atoms with Crippen molar-refractivity contribution in [3.63, 3.8) is 0 Å². The first-order chi connectivity index (χ1) is 6.26. The van der Waals surface area contributed by atoms with Gasteiger partial charge in [0.2, 0.25) is 0 Å². The van der Waals surface area contributed by atoms with Crippen molar-refractivity contribution in [1.82, 2.24) is 14.9 Å². The minimum Gasteiger partial charge on any atom is -0.335 e. The summed E-state index contributed by atoms with van der Waals surface area (Å²) in [5.74, 6) is 1.09. The normalized spacial score (nSPS) is 7.38. The fraction of sp³-hybridized carbons (Fsp3) is 0.375. The van der Waals surface area contributed by atoms with Gasteiger partial charge in [-0.05, 0) is 13.8 Å². The third kappa shape index (κ3) is 4.44. The molecule has 68 valence electrons. The van der Waals surface area contributed by atoms with Crippen LogP contribution in [0.25, 0.3) is 0 Å². The number of rotatable bonds is 1. The largest absolute Gasteiger partial charge is 0.335 e. The van der Waals surface area contributed by atoms with Crippen LogP contribution in [0.1, 0.15) is 12.7 Å². The van der Waals surface area contributed by atoms with E-state index < -0.39 is 0 Å². The van der Waals surface area contributed by atoms with Gasteiger partial charge in [0.1, 0.15) is 5.82 Å². The van der Waals surface area contributed by atoms with Crippen molar-refractivity contribution in [3.8, 4) is 12.4 Å². The molecule has 1 rings (SSSR count). The van der Waals surface area contributed by atoms with Gasteiger partial charge in [-0.25, -0.2) is 10.3 Å². The van der Waals surface area contributed by atoms with Gasteiger partial charge in [0, 0.05) is 18.9 Å². The molecule has 5 nitrogen and oxygen atoms in total. The summed E-state index contributed by atoms with van der Waals surface area (Å²) in [6, 6.07) is 0. The third-order valence-electron chi connectivity index (χ3n) is 1.38. The van der Waals surface area contributed by atoms with E-state index in [2.05, 4.69) is 16.5 Å². The lowest BCUT2D eigenvalue weighted by atomic mass is 10.6. The van der Waals surface area contributed by atoms with Gasteiger partial charge in [-0.15, -0.1) is 0 Å². The van der Waals surface area contributed by atoms with Gasteiger partial charge in [0.15, 0.2) is 12.4 Å². The van der Waals surface area contributed by atoms with Gasteiger partial charge in [0.25, 0.3) is 0 Å². The molecule has 0 bridgehead atoms. The second-order valence-electron chi connectivity index (χ2n) is 2.11. The lowest BCUT2D eigenvalue weighted by Crippen LogP contribution is -1.93. The summed E-state index contributed by atoms with van der Waals surface area (Å²) < 4.78 is 2.10. The number of imidazole rings is 1. The zero-order valence-electron chi connectivity index (χ0n) is 7.65. The van der Waals surface area contributed by atoms with Crippen LogP contribution < -0.4 is 5.32 Å². The van der Waals surface area contributed by atoms with E-state index in [0.29, 0.717) is 0 Å². The highest BCUT2D eigenvalue weighted by atomic mass is 15.0. The van der Waals surface area contributed by atoms with Crippen LogP contribution in [-0.2, 0) is 6.54 Å². The molecule has 0 aromatic carbocycles. The van der Waals surface area contributed by atoms with Crippen molar-refractivity contribution in [1.29, 1.82) is 10.5 Å². The smallest absolute Gasteiger partial charge is 0.190 e. The van der Waals surface area contributed by atoms with E-state index in [0.717, 1.165) is 12.4 Å². The zero-order chi connectivity index (χ0) is 10.1. The van der Waals surface area contributed by atoms with Crippen molar-refractivity contribution < 1.29 is 0 Å². The van der Waals surface area contributed by atoms with Gasteiger partial charge < -0.3 is 4.57 Å². The molecule has 1 heterocycles. The Balaban J connectivity index is 0.000000252. The average molecular weight is 177 g/mol. The monoisotopic (exact) mass is 177 g/mol. The van der Waals surface area contributed by atoms with Crippen LogP contribution in [0.2, 0.25) is 0 Å². The maximum absolute atomic E-state index is 7.48. The summed E-state index contributed by atoms with van der Waals surface area (Å²) in [6.45, 7) is 5.13. The van der Waals surface area contributed by atoms with Gasteiger partial charge in [-0.2, -0.15) is 10.5 Å². The topological polar surface area (TPSA) is 77.4 Å². The molecule has 0 saturated heterocycles. The molecule has 0 unspecified atom stereocenters. The number of hydrogen-bond donors (Lipinski definition) is 1. The first-order valence-electron chi connectivity index (χ1n) is 3.77. The Kier molecular flexibility index (Phi) is 5.65. The molecule has 0 amide bonds. The predicted octanol–water partition coefficient (Wildman–Crippen LogP) is 0.750. The van der Waals surface area contributed by atoms with Crippen molar-refractivity contribution in [2.75, 3.05) is 0 Å². The van der Waals surface area contributed by atoms with Gasteiger partial charge in [0.05, 0.1) is 0 Å². The van der Waals surface area contributed by atoms with Crippen LogP contribution in [0.5, 0.6) is 0 Å². The van der Waals surface area contributed by atoms with E-state index in [9.17, 15) is 0 Å². The molecule has 0 saturated carbocycles. The molecule has 1 aromatic heterocycles. The highest BCUT2D eigenvalue weighted by Gasteiger charge is 1.88. The van der Waals surface area contributed by atoms with Crippen molar-refractivity contribution in [3.05, 3.63) is 18.2 Å². The molecule has 0 aliphatic carbocycles. The molecular weight excluding hydrogens is 166 g/mol. The standard InChI is InChI=1S/C6H10N2.C2HN3/c1-3-8-5-4-7-6(8)2;3-1-5-2-4/h4-5H,3H2,1-2H3;5H. The predicted molar refractivity (Wildman–Crippen MR) is 47.0 cm³/mol. The molecule has 0 aliphatic heterocycles. The van der Waals surface area contributed by atoms with Crippen molar-refractivity contribution in [2.45, 2.75) is 20.4 Å². The van der Waals surface area contributed by atoms with Crippen LogP contribution in [-0.4, -0.2) is 9.55 Å². The second kappa shape index (κ2) is 6.68. The Morgan fingerprint density at radius 2 is 2.15 bits per heavy atom. The maximum Gasteiger partial charge on any atom is 0.190 e. The molecule has 0 radical (unpaired) electrons. The van der Waals surface area contributed by atoms with Gasteiger partial charge >= 0.3 is 0 Å². The highest BCUT2D eigenvalue weighted by Crippen LogP contribution is 1.92. The van der Waals surface area contributed by atoms with E-state index in [-0.39, 0.29) is 0 Å². The van der Waals surface area contributed by atoms with E-state index in [1.807, 2.05) is 19.3 Å². The van der Waals surface area contributed by atoms with Crippen molar-refractivity contribution >= 4 is 0 Å². The quantitative estimate of drug-likeness (QED) is 0.507. The van der Waals surface area contributed by atoms with E-state index >= 15 is 0 Å². The van der Waals surface area contributed by atoms with E-state index in [1.54, 1.807) is 5.32 Å². The summed E-state index contributed by atoms with van der Waals surface area (Å²) >= 11 is 0. The van der Waals surface area contributed by atoms with Crippen LogP contribution in [0.15, 0.2) is 12.4 Å². The Morgan fingerprint density at radius 3 is 2.31 bits per heavy atom. The Labute approximate surface area is 77.2 Å². The van der Waals surface area contributed by atoms with Crippen LogP contribution in [0, 0.1) is 29.8 Å². The van der Waals surface area contributed by atoms with E-state index in [1.165, 1.54) is 12.4 Å². The fourth-order valence-electron chi connectivity index (χ4n) is 0.763. The molecule has 1 aromatic rings. The average Bonchev–Trinajstić information content (AvgIpc) is 2.53. The summed E-state index contributed by atoms with van der Waals surface area (Å²) in [4.78, 5) is 4.05. The number of aryl methyl sites for hydroxylation is 2. The molecule has 1 N–H and O–H groups in total. The van der Waals surface area contributed by atoms with Crippen LogP contribution in [0.3, 0.4) is 0 Å². The Bertz CT molecular complexity index is 302. The molecular formula is C8H11N5. The lowest BCUT2D eigenvalue weighted by molar-refractivity contribution is 0.730. The Morgan fingerprint density at radius 1 is 1.54 bits per heavy atom. The number of hydrogen-bond acceptors (Lipinski definition) is 4. The van der Waals surface area contributed by atoms with Gasteiger partial charge in [-0.3, -0.25) is 0 Å². The summed E-state index contributed by atoms with van der Waals surface area (Å²) in [5, 5.41) is 16.7. The number of aromatic nitrogens is 2. The molecule has 0 aliphatic rings. The molecule has 5 heteroatoms. The molecule has 13 heavy (non-hydrogen) atoms. The molecule has 0 fully saturated rings. The summed E-state index contributed by atoms with van der Waals surface area (Å²) in [7, 11) is 0. The minimum absolute atomic E-state index is 1.02. The fourth-order valence-corrected chi connectivity index (χ4v) is 0.763. The first-order valence-corrected chi connectivity index (χ1v) is 3.77. The van der Waals surface area contributed by atoms with Crippen LogP contribution >= 0.6 is 0 Å². The second-order valence-corrected chi connectivity index (χ2v) is 2.11. The molecule has 0 atom stereocenters. The lowest BCUT2D eigenvalue weighted by Gasteiger charge is -1.95. The third-order valence-corrected chi connectivity index (χ3v) is 1.38. The van der Waals surface area contributed by atoms with Gasteiger partial charge in [-0.1, -0.05) is 0 Å². The number of nitrogens with zero attached hydrogens (tertiary/aromatic N) is 4. The van der Waals surface area contributed by atoms with Crippen LogP contribution in [0.4, 0.5) is 0 Å². The summed E-state index contributed by atoms with van der Waals surface area (Å²) in [5.41, 5.74) is 0. The van der Waals surface area contributed by atoms with Crippen molar-refractivity contribution in [2.24, 2.45) is 0 Å². The minimum atomic E-state index is 1.02. The first kappa shape index (κ1) is 11.0. The maximum atomic E-state index is 7.48. The molecule has 0 spiro atoms. The number of nitrogens with one attached hydrogen (secondary N) is 1. The van der Waals surface area contributed by atoms with E-state index in [4.69, 9.17) is 10.5 Å². The number of nitriles is 2. The zero-order valence-corrected chi connectivity index (χ0v) is 7.65. The SMILES string of the molecule is CCn1ccnc1C.N#CNC#N. The Hall–Kier alpha value is -2.01. The summed E-state index contributed by atoms with van der Waals surface area (Å²) in [6.07, 6.45) is 6.61. The highest BCUT2D eigenvalue weighted by molar-refractivity contribution is 4.87.